The topological polar surface area (TPSA) is 38.8 Å². The van der Waals surface area contributed by atoms with Crippen molar-refractivity contribution < 1.29 is 14.3 Å². The summed E-state index contributed by atoms with van der Waals surface area (Å²) < 4.78 is 10.9. The third kappa shape index (κ3) is 5.33. The van der Waals surface area contributed by atoms with Crippen molar-refractivity contribution in [3.8, 4) is 5.75 Å². The number of esters is 1. The summed E-state index contributed by atoms with van der Waals surface area (Å²) in [6.07, 6.45) is 0. The summed E-state index contributed by atoms with van der Waals surface area (Å²) in [6, 6.07) is 17.8. The summed E-state index contributed by atoms with van der Waals surface area (Å²) >= 11 is 0. The van der Waals surface area contributed by atoms with Crippen LogP contribution in [0, 0.1) is 0 Å². The van der Waals surface area contributed by atoms with Crippen LogP contribution in [0.1, 0.15) is 19.4 Å². The van der Waals surface area contributed by atoms with Gasteiger partial charge in [0.25, 0.3) is 0 Å². The van der Waals surface area contributed by atoms with Gasteiger partial charge >= 0.3 is 5.97 Å². The Morgan fingerprint density at radius 2 is 1.83 bits per heavy atom. The first kappa shape index (κ1) is 16.9. The van der Waals surface area contributed by atoms with Gasteiger partial charge in [-0.2, -0.15) is 0 Å². The van der Waals surface area contributed by atoms with Crippen molar-refractivity contribution in [3.63, 3.8) is 0 Å². The molecule has 0 N–H and O–H groups in total. The van der Waals surface area contributed by atoms with Crippen LogP contribution >= 0.6 is 0 Å². The molecular formula is C19H23NO3. The highest BCUT2D eigenvalue weighted by molar-refractivity contribution is 5.76. The zero-order valence-corrected chi connectivity index (χ0v) is 13.7. The number of hydrogen-bond donors (Lipinski definition) is 0. The predicted octanol–water partition coefficient (Wildman–Crippen LogP) is 3.66. The van der Waals surface area contributed by atoms with E-state index in [0.717, 1.165) is 23.5 Å². The Morgan fingerprint density at radius 1 is 1.04 bits per heavy atom. The Balaban J connectivity index is 2.01. The van der Waals surface area contributed by atoms with E-state index in [0.29, 0.717) is 13.2 Å². The molecule has 0 saturated carbocycles. The number of carbonyl (C=O) groups is 1. The molecule has 0 aliphatic carbocycles. The first-order valence-electron chi connectivity index (χ1n) is 7.90. The lowest BCUT2D eigenvalue weighted by Gasteiger charge is -2.22. The lowest BCUT2D eigenvalue weighted by Crippen LogP contribution is -2.30. The minimum Gasteiger partial charge on any atom is -0.489 e. The van der Waals surface area contributed by atoms with Crippen LogP contribution < -0.4 is 9.64 Å². The van der Waals surface area contributed by atoms with Crippen LogP contribution in [0.15, 0.2) is 54.6 Å². The fourth-order valence-electron chi connectivity index (χ4n) is 2.26. The summed E-state index contributed by atoms with van der Waals surface area (Å²) in [5.74, 6) is 0.568. The Labute approximate surface area is 137 Å². The average molecular weight is 313 g/mol. The molecule has 0 amide bonds. The van der Waals surface area contributed by atoms with Crippen LogP contribution in [-0.2, 0) is 16.1 Å². The largest absolute Gasteiger partial charge is 0.489 e. The zero-order chi connectivity index (χ0) is 16.5. The molecule has 23 heavy (non-hydrogen) atoms. The number of anilines is 1. The van der Waals surface area contributed by atoms with Crippen LogP contribution in [0.2, 0.25) is 0 Å². The van der Waals surface area contributed by atoms with Crippen LogP contribution in [0.3, 0.4) is 0 Å². The maximum Gasteiger partial charge on any atom is 0.325 e. The Kier molecular flexibility index (Phi) is 6.48. The molecule has 4 heteroatoms. The molecule has 4 nitrogen and oxygen atoms in total. The lowest BCUT2D eigenvalue weighted by molar-refractivity contribution is -0.141. The molecule has 0 aliphatic rings. The maximum absolute atomic E-state index is 11.7. The van der Waals surface area contributed by atoms with E-state index in [-0.39, 0.29) is 12.5 Å². The van der Waals surface area contributed by atoms with Crippen LogP contribution in [0.5, 0.6) is 5.75 Å². The molecule has 0 heterocycles. The van der Waals surface area contributed by atoms with E-state index in [1.165, 1.54) is 0 Å². The third-order valence-electron chi connectivity index (χ3n) is 3.44. The molecule has 122 valence electrons. The monoisotopic (exact) mass is 313 g/mol. The number of carbonyl (C=O) groups excluding carboxylic acids is 1. The smallest absolute Gasteiger partial charge is 0.325 e. The van der Waals surface area contributed by atoms with E-state index in [1.54, 1.807) is 0 Å². The van der Waals surface area contributed by atoms with Gasteiger partial charge in [-0.05, 0) is 31.5 Å². The summed E-state index contributed by atoms with van der Waals surface area (Å²) in [7, 11) is 0. The van der Waals surface area contributed by atoms with Crippen LogP contribution in [-0.4, -0.2) is 25.7 Å². The number of hydrogen-bond acceptors (Lipinski definition) is 4. The number of rotatable bonds is 8. The molecule has 0 aromatic heterocycles. The molecule has 2 aromatic carbocycles. The first-order chi connectivity index (χ1) is 11.2. The molecule has 2 aromatic rings. The quantitative estimate of drug-likeness (QED) is 0.697. The summed E-state index contributed by atoms with van der Waals surface area (Å²) in [6.45, 7) is 5.71. The Bertz CT molecular complexity index is 613. The molecule has 0 radical (unpaired) electrons. The van der Waals surface area contributed by atoms with Crippen LogP contribution in [0.4, 0.5) is 5.69 Å². The molecule has 0 unspecified atom stereocenters. The highest BCUT2D eigenvalue weighted by Crippen LogP contribution is 2.22. The van der Waals surface area contributed by atoms with Gasteiger partial charge in [-0.25, -0.2) is 0 Å². The molecule has 0 fully saturated rings. The number of ether oxygens (including phenoxy) is 2. The summed E-state index contributed by atoms with van der Waals surface area (Å²) in [5, 5.41) is 0. The van der Waals surface area contributed by atoms with Gasteiger partial charge in [0.15, 0.2) is 0 Å². The Hall–Kier alpha value is -2.49. The van der Waals surface area contributed by atoms with E-state index in [4.69, 9.17) is 9.47 Å². The van der Waals surface area contributed by atoms with E-state index in [1.807, 2.05) is 73.3 Å². The van der Waals surface area contributed by atoms with Crippen molar-refractivity contribution in [2.24, 2.45) is 0 Å². The molecule has 0 saturated heterocycles. The number of likely N-dealkylation sites (N-methyl/N-ethyl adjacent to an activating group) is 1. The van der Waals surface area contributed by atoms with Gasteiger partial charge < -0.3 is 14.4 Å². The van der Waals surface area contributed by atoms with Crippen LogP contribution in [0.25, 0.3) is 0 Å². The van der Waals surface area contributed by atoms with Crippen molar-refractivity contribution in [1.29, 1.82) is 0 Å². The van der Waals surface area contributed by atoms with Crippen molar-refractivity contribution in [2.75, 3.05) is 24.6 Å². The molecule has 2 rings (SSSR count). The highest BCUT2D eigenvalue weighted by atomic mass is 16.5. The second-order valence-corrected chi connectivity index (χ2v) is 5.09. The van der Waals surface area contributed by atoms with Gasteiger partial charge in [-0.3, -0.25) is 4.79 Å². The van der Waals surface area contributed by atoms with E-state index < -0.39 is 0 Å². The molecule has 0 spiro atoms. The van der Waals surface area contributed by atoms with Crippen molar-refractivity contribution in [1.82, 2.24) is 0 Å². The van der Waals surface area contributed by atoms with Gasteiger partial charge in [-0.1, -0.05) is 36.4 Å². The maximum atomic E-state index is 11.7. The van der Waals surface area contributed by atoms with Crippen molar-refractivity contribution in [3.05, 3.63) is 60.2 Å². The second-order valence-electron chi connectivity index (χ2n) is 5.09. The predicted molar refractivity (Wildman–Crippen MR) is 91.7 cm³/mol. The molecular weight excluding hydrogens is 290 g/mol. The molecule has 0 atom stereocenters. The fraction of sp³-hybridized carbons (Fsp3) is 0.316. The van der Waals surface area contributed by atoms with Gasteiger partial charge in [0.2, 0.25) is 0 Å². The second kappa shape index (κ2) is 8.83. The highest BCUT2D eigenvalue weighted by Gasteiger charge is 2.11. The minimum atomic E-state index is -0.218. The standard InChI is InChI=1S/C19H23NO3/c1-3-20(14-19(21)22-4-2)17-11-8-12-18(13-17)23-15-16-9-6-5-7-10-16/h5-13H,3-4,14-15H2,1-2H3. The number of nitrogens with zero attached hydrogens (tertiary/aromatic N) is 1. The summed E-state index contributed by atoms with van der Waals surface area (Å²) in [4.78, 5) is 13.7. The lowest BCUT2D eigenvalue weighted by atomic mass is 10.2. The molecule has 0 aliphatic heterocycles. The van der Waals surface area contributed by atoms with E-state index in [2.05, 4.69) is 0 Å². The van der Waals surface area contributed by atoms with Gasteiger partial charge in [0.05, 0.1) is 6.61 Å². The third-order valence-corrected chi connectivity index (χ3v) is 3.44. The summed E-state index contributed by atoms with van der Waals surface area (Å²) in [5.41, 5.74) is 2.07. The average Bonchev–Trinajstić information content (AvgIpc) is 2.59. The molecule has 0 bridgehead atoms. The van der Waals surface area contributed by atoms with E-state index >= 15 is 0 Å². The van der Waals surface area contributed by atoms with Gasteiger partial charge in [-0.15, -0.1) is 0 Å². The number of benzene rings is 2. The fourth-order valence-corrected chi connectivity index (χ4v) is 2.26. The van der Waals surface area contributed by atoms with Crippen molar-refractivity contribution in [2.45, 2.75) is 20.5 Å². The first-order valence-corrected chi connectivity index (χ1v) is 7.90. The zero-order valence-electron chi connectivity index (χ0n) is 13.7. The normalized spacial score (nSPS) is 10.2. The van der Waals surface area contributed by atoms with Crippen molar-refractivity contribution >= 4 is 11.7 Å². The van der Waals surface area contributed by atoms with Gasteiger partial charge in [0.1, 0.15) is 18.9 Å². The van der Waals surface area contributed by atoms with E-state index in [9.17, 15) is 4.79 Å². The minimum absolute atomic E-state index is 0.218. The van der Waals surface area contributed by atoms with Gasteiger partial charge in [0, 0.05) is 18.3 Å². The Morgan fingerprint density at radius 3 is 2.52 bits per heavy atom. The SMILES string of the molecule is CCOC(=O)CN(CC)c1cccc(OCc2ccccc2)c1.